The van der Waals surface area contributed by atoms with Crippen LogP contribution >= 0.6 is 0 Å². The highest BCUT2D eigenvalue weighted by Gasteiger charge is 2.16. The van der Waals surface area contributed by atoms with Crippen molar-refractivity contribution in [3.05, 3.63) is 200 Å². The molecule has 11 rings (SSSR count). The number of fused-ring (bicyclic) bond motifs is 4. The van der Waals surface area contributed by atoms with Crippen molar-refractivity contribution in [2.75, 3.05) is 0 Å². The molecule has 0 fully saturated rings. The van der Waals surface area contributed by atoms with E-state index in [1.54, 1.807) is 0 Å². The van der Waals surface area contributed by atoms with Crippen molar-refractivity contribution in [1.82, 2.24) is 24.9 Å². The normalized spacial score (nSPS) is 11.4. The van der Waals surface area contributed by atoms with Gasteiger partial charge in [0.15, 0.2) is 23.3 Å². The van der Waals surface area contributed by atoms with Gasteiger partial charge in [0.1, 0.15) is 11.2 Å². The molecule has 0 unspecified atom stereocenters. The summed E-state index contributed by atoms with van der Waals surface area (Å²) >= 11 is 0. The highest BCUT2D eigenvalue weighted by Crippen LogP contribution is 2.36. The van der Waals surface area contributed by atoms with Gasteiger partial charge in [-0.15, -0.1) is 0 Å². The summed E-state index contributed by atoms with van der Waals surface area (Å²) < 4.78 is 6.25. The lowest BCUT2D eigenvalue weighted by Crippen LogP contribution is -2.00. The fourth-order valence-corrected chi connectivity index (χ4v) is 7.72. The Morgan fingerprint density at radius 3 is 1.36 bits per heavy atom. The number of hydrogen-bond donors (Lipinski definition) is 0. The lowest BCUT2D eigenvalue weighted by molar-refractivity contribution is 0.669. The number of aromatic nitrogens is 5. The van der Waals surface area contributed by atoms with Crippen LogP contribution in [0.1, 0.15) is 0 Å². The van der Waals surface area contributed by atoms with Crippen LogP contribution in [0.5, 0.6) is 0 Å². The maximum Gasteiger partial charge on any atom is 0.164 e. The number of furan rings is 1. The van der Waals surface area contributed by atoms with Gasteiger partial charge < -0.3 is 4.42 Å². The monoisotopic (exact) mass is 755 g/mol. The lowest BCUT2D eigenvalue weighted by Gasteiger charge is -2.12. The summed E-state index contributed by atoms with van der Waals surface area (Å²) in [6, 6.07) is 68.3. The molecule has 0 spiro atoms. The van der Waals surface area contributed by atoms with Crippen LogP contribution in [0.3, 0.4) is 0 Å². The summed E-state index contributed by atoms with van der Waals surface area (Å²) in [4.78, 5) is 25.1. The molecule has 3 aromatic heterocycles. The smallest absolute Gasteiger partial charge is 0.164 e. The Balaban J connectivity index is 0.995. The average molecular weight is 756 g/mol. The second kappa shape index (κ2) is 14.4. The molecule has 0 aliphatic heterocycles. The number of hydrogen-bond acceptors (Lipinski definition) is 6. The Morgan fingerprint density at radius 1 is 0.254 bits per heavy atom. The van der Waals surface area contributed by atoms with E-state index in [1.807, 2.05) is 91.0 Å². The zero-order valence-electron chi connectivity index (χ0n) is 31.7. The van der Waals surface area contributed by atoms with E-state index < -0.39 is 0 Å². The van der Waals surface area contributed by atoms with Crippen LogP contribution in [0.25, 0.3) is 112 Å². The SMILES string of the molecule is c1ccc(-c2nc(-c3cccc(-c4cccc(-c5nc(-c6ccccc6)nc(-c6ccccc6)n5)c4)c3)cc(-c3ccc4cc5c(cc4c3)oc3ccccc35)n2)cc1. The van der Waals surface area contributed by atoms with Gasteiger partial charge >= 0.3 is 0 Å². The molecule has 59 heavy (non-hydrogen) atoms. The lowest BCUT2D eigenvalue weighted by atomic mass is 9.98. The quantitative estimate of drug-likeness (QED) is 0.161. The first-order valence-electron chi connectivity index (χ1n) is 19.6. The third-order valence-electron chi connectivity index (χ3n) is 10.7. The van der Waals surface area contributed by atoms with Crippen LogP contribution in [-0.4, -0.2) is 24.9 Å². The van der Waals surface area contributed by atoms with E-state index in [4.69, 9.17) is 29.3 Å². The van der Waals surface area contributed by atoms with E-state index >= 15 is 0 Å². The summed E-state index contributed by atoms with van der Waals surface area (Å²) in [6.07, 6.45) is 0. The zero-order valence-corrected chi connectivity index (χ0v) is 31.7. The van der Waals surface area contributed by atoms with Crippen LogP contribution in [-0.2, 0) is 0 Å². The minimum absolute atomic E-state index is 0.611. The Labute approximate surface area is 340 Å². The summed E-state index contributed by atoms with van der Waals surface area (Å²) in [7, 11) is 0. The molecular weight excluding hydrogens is 723 g/mol. The summed E-state index contributed by atoms with van der Waals surface area (Å²) in [5.41, 5.74) is 11.2. The first kappa shape index (κ1) is 34.2. The molecule has 0 N–H and O–H groups in total. The van der Waals surface area contributed by atoms with Gasteiger partial charge in [-0.05, 0) is 64.4 Å². The summed E-state index contributed by atoms with van der Waals surface area (Å²) in [5, 5.41) is 4.46. The molecule has 0 bridgehead atoms. The standard InChI is InChI=1S/C53H33N5O/c1-4-14-34(15-5-1)50-54-46(33-47(55-50)41-27-26-39-31-45-44-24-10-11-25-48(44)59-49(45)32-43(39)30-41)40-22-12-20-37(28-40)38-21-13-23-42(29-38)53-57-51(35-16-6-2-7-17-35)56-52(58-53)36-18-8-3-9-19-36/h1-33H. The first-order valence-corrected chi connectivity index (χ1v) is 19.6. The third kappa shape index (κ3) is 6.58. The molecule has 0 aliphatic rings. The van der Waals surface area contributed by atoms with Crippen molar-refractivity contribution in [2.45, 2.75) is 0 Å². The molecule has 0 saturated heterocycles. The van der Waals surface area contributed by atoms with E-state index in [0.717, 1.165) is 88.6 Å². The molecule has 0 saturated carbocycles. The van der Waals surface area contributed by atoms with Crippen LogP contribution in [0.4, 0.5) is 0 Å². The number of para-hydroxylation sites is 1. The minimum Gasteiger partial charge on any atom is -0.456 e. The Morgan fingerprint density at radius 2 is 0.729 bits per heavy atom. The molecule has 3 heterocycles. The summed E-state index contributed by atoms with van der Waals surface area (Å²) in [6.45, 7) is 0. The largest absolute Gasteiger partial charge is 0.456 e. The summed E-state index contributed by atoms with van der Waals surface area (Å²) in [5.74, 6) is 2.53. The van der Waals surface area contributed by atoms with Crippen molar-refractivity contribution in [3.63, 3.8) is 0 Å². The maximum absolute atomic E-state index is 6.25. The van der Waals surface area contributed by atoms with Gasteiger partial charge in [-0.25, -0.2) is 24.9 Å². The van der Waals surface area contributed by atoms with Gasteiger partial charge in [0.25, 0.3) is 0 Å². The number of nitrogens with zero attached hydrogens (tertiary/aromatic N) is 5. The topological polar surface area (TPSA) is 77.6 Å². The second-order valence-corrected chi connectivity index (χ2v) is 14.5. The predicted octanol–water partition coefficient (Wildman–Crippen LogP) is 13.4. The average Bonchev–Trinajstić information content (AvgIpc) is 3.68. The van der Waals surface area contributed by atoms with E-state index in [2.05, 4.69) is 109 Å². The molecule has 6 heteroatoms. The second-order valence-electron chi connectivity index (χ2n) is 14.5. The fourth-order valence-electron chi connectivity index (χ4n) is 7.72. The highest BCUT2D eigenvalue weighted by atomic mass is 16.3. The van der Waals surface area contributed by atoms with Crippen molar-refractivity contribution >= 4 is 32.7 Å². The van der Waals surface area contributed by atoms with E-state index in [-0.39, 0.29) is 0 Å². The fraction of sp³-hybridized carbons (Fsp3) is 0. The van der Waals surface area contributed by atoms with Gasteiger partial charge in [0.05, 0.1) is 11.4 Å². The van der Waals surface area contributed by atoms with Gasteiger partial charge in [-0.1, -0.05) is 158 Å². The molecule has 11 aromatic rings. The molecule has 276 valence electrons. The van der Waals surface area contributed by atoms with E-state index in [9.17, 15) is 0 Å². The first-order chi connectivity index (χ1) is 29.2. The Kier molecular flexibility index (Phi) is 8.37. The van der Waals surface area contributed by atoms with Crippen LogP contribution < -0.4 is 0 Å². The minimum atomic E-state index is 0.611. The predicted molar refractivity (Wildman–Crippen MR) is 238 cm³/mol. The number of rotatable bonds is 7. The van der Waals surface area contributed by atoms with Crippen LogP contribution in [0.2, 0.25) is 0 Å². The van der Waals surface area contributed by atoms with Crippen molar-refractivity contribution in [3.8, 4) is 79.2 Å². The molecule has 0 amide bonds. The van der Waals surface area contributed by atoms with E-state index in [1.165, 1.54) is 0 Å². The Hall–Kier alpha value is -8.09. The third-order valence-corrected chi connectivity index (χ3v) is 10.7. The van der Waals surface area contributed by atoms with Gasteiger partial charge in [-0.3, -0.25) is 0 Å². The van der Waals surface area contributed by atoms with Crippen molar-refractivity contribution < 1.29 is 4.42 Å². The molecule has 0 aliphatic carbocycles. The van der Waals surface area contributed by atoms with Crippen LogP contribution in [0, 0.1) is 0 Å². The van der Waals surface area contributed by atoms with Crippen molar-refractivity contribution in [2.24, 2.45) is 0 Å². The number of benzene rings is 8. The zero-order chi connectivity index (χ0) is 39.1. The molecule has 0 radical (unpaired) electrons. The van der Waals surface area contributed by atoms with Gasteiger partial charge in [-0.2, -0.15) is 0 Å². The molecule has 0 atom stereocenters. The molecule has 6 nitrogen and oxygen atoms in total. The van der Waals surface area contributed by atoms with Crippen LogP contribution in [0.15, 0.2) is 205 Å². The van der Waals surface area contributed by atoms with Gasteiger partial charge in [0, 0.05) is 44.2 Å². The molecular formula is C53H33N5O. The van der Waals surface area contributed by atoms with Crippen molar-refractivity contribution in [1.29, 1.82) is 0 Å². The maximum atomic E-state index is 6.25. The van der Waals surface area contributed by atoms with Gasteiger partial charge in [0.2, 0.25) is 0 Å². The molecule has 8 aromatic carbocycles. The van der Waals surface area contributed by atoms with E-state index in [0.29, 0.717) is 23.3 Å². The highest BCUT2D eigenvalue weighted by molar-refractivity contribution is 6.10. The Bertz CT molecular complexity index is 3270.